The van der Waals surface area contributed by atoms with E-state index in [2.05, 4.69) is 15.5 Å². The molecular formula is C13H20ClN3O. The number of rotatable bonds is 7. The van der Waals surface area contributed by atoms with Gasteiger partial charge in [-0.3, -0.25) is 4.79 Å². The lowest BCUT2D eigenvalue weighted by atomic mass is 10.3. The first-order valence-electron chi connectivity index (χ1n) is 5.99. The highest BCUT2D eigenvalue weighted by Gasteiger charge is 2.00. The molecule has 0 atom stereocenters. The highest BCUT2D eigenvalue weighted by atomic mass is 35.5. The molecule has 0 unspecified atom stereocenters. The van der Waals surface area contributed by atoms with Gasteiger partial charge in [-0.05, 0) is 45.3 Å². The minimum atomic E-state index is -0.00580. The van der Waals surface area contributed by atoms with Crippen LogP contribution < -0.4 is 10.6 Å². The third kappa shape index (κ3) is 6.47. The summed E-state index contributed by atoms with van der Waals surface area (Å²) in [5.41, 5.74) is 0.853. The average Bonchev–Trinajstić information content (AvgIpc) is 2.32. The van der Waals surface area contributed by atoms with Crippen LogP contribution >= 0.6 is 11.6 Å². The van der Waals surface area contributed by atoms with Crippen molar-refractivity contribution in [1.82, 2.24) is 10.2 Å². The van der Waals surface area contributed by atoms with Gasteiger partial charge in [0.15, 0.2) is 0 Å². The Morgan fingerprint density at radius 3 is 2.83 bits per heavy atom. The molecule has 0 saturated carbocycles. The van der Waals surface area contributed by atoms with Crippen molar-refractivity contribution in [3.05, 3.63) is 29.3 Å². The van der Waals surface area contributed by atoms with Crippen LogP contribution in [0.4, 0.5) is 5.69 Å². The third-order valence-electron chi connectivity index (χ3n) is 2.38. The quantitative estimate of drug-likeness (QED) is 0.742. The largest absolute Gasteiger partial charge is 0.376 e. The molecule has 1 rings (SSSR count). The van der Waals surface area contributed by atoms with Crippen LogP contribution in [0.1, 0.15) is 6.42 Å². The van der Waals surface area contributed by atoms with E-state index in [1.807, 2.05) is 26.2 Å². The smallest absolute Gasteiger partial charge is 0.239 e. The van der Waals surface area contributed by atoms with E-state index in [9.17, 15) is 4.79 Å². The van der Waals surface area contributed by atoms with Gasteiger partial charge in [0.25, 0.3) is 0 Å². The first kappa shape index (κ1) is 14.8. The van der Waals surface area contributed by atoms with E-state index in [1.54, 1.807) is 12.1 Å². The van der Waals surface area contributed by atoms with Crippen LogP contribution in [-0.2, 0) is 4.79 Å². The Kier molecular flexibility index (Phi) is 6.54. The normalized spacial score (nSPS) is 10.4. The molecule has 0 aliphatic rings. The van der Waals surface area contributed by atoms with Crippen molar-refractivity contribution >= 4 is 23.2 Å². The number of nitrogens with one attached hydrogen (secondary N) is 2. The van der Waals surface area contributed by atoms with Gasteiger partial charge in [0, 0.05) is 17.3 Å². The number of nitrogens with zero attached hydrogens (tertiary/aromatic N) is 1. The minimum absolute atomic E-state index is 0.00580. The fraction of sp³-hybridized carbons (Fsp3) is 0.462. The van der Waals surface area contributed by atoms with Crippen LogP contribution in [0.3, 0.4) is 0 Å². The Hall–Kier alpha value is -1.26. The van der Waals surface area contributed by atoms with Gasteiger partial charge in [-0.15, -0.1) is 0 Å². The fourth-order valence-corrected chi connectivity index (χ4v) is 1.66. The minimum Gasteiger partial charge on any atom is -0.376 e. The molecule has 0 saturated heterocycles. The highest BCUT2D eigenvalue weighted by molar-refractivity contribution is 6.30. The van der Waals surface area contributed by atoms with E-state index in [0.717, 1.165) is 18.7 Å². The lowest BCUT2D eigenvalue weighted by Crippen LogP contribution is -2.31. The Morgan fingerprint density at radius 2 is 2.17 bits per heavy atom. The van der Waals surface area contributed by atoms with E-state index in [0.29, 0.717) is 11.6 Å². The molecule has 0 heterocycles. The number of benzene rings is 1. The zero-order valence-electron chi connectivity index (χ0n) is 10.9. The maximum absolute atomic E-state index is 11.5. The zero-order chi connectivity index (χ0) is 13.4. The lowest BCUT2D eigenvalue weighted by molar-refractivity contribution is -0.119. The van der Waals surface area contributed by atoms with Crippen LogP contribution in [0.5, 0.6) is 0 Å². The molecule has 0 spiro atoms. The van der Waals surface area contributed by atoms with Crippen LogP contribution in [0.2, 0.25) is 5.02 Å². The van der Waals surface area contributed by atoms with E-state index >= 15 is 0 Å². The summed E-state index contributed by atoms with van der Waals surface area (Å²) >= 11 is 5.85. The van der Waals surface area contributed by atoms with Crippen molar-refractivity contribution in [2.24, 2.45) is 0 Å². The second kappa shape index (κ2) is 7.95. The first-order chi connectivity index (χ1) is 8.58. The predicted octanol–water partition coefficient (Wildman–Crippen LogP) is 1.82. The summed E-state index contributed by atoms with van der Waals surface area (Å²) in [7, 11) is 4.03. The molecule has 1 amide bonds. The number of anilines is 1. The summed E-state index contributed by atoms with van der Waals surface area (Å²) in [6.45, 7) is 1.94. The van der Waals surface area contributed by atoms with Crippen molar-refractivity contribution in [3.8, 4) is 0 Å². The van der Waals surface area contributed by atoms with Gasteiger partial charge >= 0.3 is 0 Å². The summed E-state index contributed by atoms with van der Waals surface area (Å²) < 4.78 is 0. The summed E-state index contributed by atoms with van der Waals surface area (Å²) in [6, 6.07) is 7.32. The first-order valence-corrected chi connectivity index (χ1v) is 6.36. The van der Waals surface area contributed by atoms with Crippen molar-refractivity contribution in [2.45, 2.75) is 6.42 Å². The molecule has 2 N–H and O–H groups in total. The van der Waals surface area contributed by atoms with Crippen LogP contribution in [0.25, 0.3) is 0 Å². The monoisotopic (exact) mass is 269 g/mol. The molecule has 0 fully saturated rings. The molecular weight excluding hydrogens is 250 g/mol. The maximum Gasteiger partial charge on any atom is 0.239 e. The van der Waals surface area contributed by atoms with Gasteiger partial charge in [0.05, 0.1) is 6.54 Å². The van der Waals surface area contributed by atoms with Crippen LogP contribution in [0, 0.1) is 0 Å². The van der Waals surface area contributed by atoms with E-state index in [1.165, 1.54) is 0 Å². The standard InChI is InChI=1S/C13H20ClN3O/c1-17(2)8-4-7-15-13(18)10-16-12-6-3-5-11(14)9-12/h3,5-6,9,16H,4,7-8,10H2,1-2H3,(H,15,18). The second-order valence-electron chi connectivity index (χ2n) is 4.37. The molecule has 0 aliphatic heterocycles. The Morgan fingerprint density at radius 1 is 1.39 bits per heavy atom. The predicted molar refractivity (Wildman–Crippen MR) is 76.1 cm³/mol. The van der Waals surface area contributed by atoms with Crippen molar-refractivity contribution < 1.29 is 4.79 Å². The van der Waals surface area contributed by atoms with E-state index in [4.69, 9.17) is 11.6 Å². The number of amides is 1. The molecule has 0 bridgehead atoms. The summed E-state index contributed by atoms with van der Waals surface area (Å²) in [6.07, 6.45) is 0.954. The van der Waals surface area contributed by atoms with Crippen molar-refractivity contribution in [3.63, 3.8) is 0 Å². The molecule has 1 aromatic carbocycles. The molecule has 1 aromatic rings. The summed E-state index contributed by atoms with van der Waals surface area (Å²) in [5, 5.41) is 6.55. The van der Waals surface area contributed by atoms with Gasteiger partial charge in [-0.1, -0.05) is 17.7 Å². The van der Waals surface area contributed by atoms with Crippen molar-refractivity contribution in [2.75, 3.05) is 39.0 Å². The van der Waals surface area contributed by atoms with Crippen LogP contribution in [0.15, 0.2) is 24.3 Å². The van der Waals surface area contributed by atoms with E-state index < -0.39 is 0 Å². The Balaban J connectivity index is 2.17. The van der Waals surface area contributed by atoms with Gasteiger partial charge in [0.2, 0.25) is 5.91 Å². The average molecular weight is 270 g/mol. The molecule has 5 heteroatoms. The molecule has 0 aliphatic carbocycles. The Bertz CT molecular complexity index is 382. The topological polar surface area (TPSA) is 44.4 Å². The third-order valence-corrected chi connectivity index (χ3v) is 2.62. The van der Waals surface area contributed by atoms with Gasteiger partial charge in [-0.25, -0.2) is 0 Å². The van der Waals surface area contributed by atoms with Crippen molar-refractivity contribution in [1.29, 1.82) is 0 Å². The fourth-order valence-electron chi connectivity index (χ4n) is 1.47. The number of halogens is 1. The van der Waals surface area contributed by atoms with Gasteiger partial charge in [0.1, 0.15) is 0 Å². The molecule has 100 valence electrons. The lowest BCUT2D eigenvalue weighted by Gasteiger charge is -2.10. The number of carbonyl (C=O) groups excluding carboxylic acids is 1. The summed E-state index contributed by atoms with van der Waals surface area (Å²) in [4.78, 5) is 13.6. The number of hydrogen-bond donors (Lipinski definition) is 2. The van der Waals surface area contributed by atoms with E-state index in [-0.39, 0.29) is 12.5 Å². The molecule has 4 nitrogen and oxygen atoms in total. The van der Waals surface area contributed by atoms with Crippen LogP contribution in [-0.4, -0.2) is 44.5 Å². The molecule has 0 aromatic heterocycles. The second-order valence-corrected chi connectivity index (χ2v) is 4.81. The van der Waals surface area contributed by atoms with Gasteiger partial charge in [-0.2, -0.15) is 0 Å². The van der Waals surface area contributed by atoms with Gasteiger partial charge < -0.3 is 15.5 Å². The number of hydrogen-bond acceptors (Lipinski definition) is 3. The zero-order valence-corrected chi connectivity index (χ0v) is 11.6. The highest BCUT2D eigenvalue weighted by Crippen LogP contribution is 2.14. The number of carbonyl (C=O) groups is 1. The SMILES string of the molecule is CN(C)CCCNC(=O)CNc1cccc(Cl)c1. The Labute approximate surface area is 113 Å². The molecule has 18 heavy (non-hydrogen) atoms. The summed E-state index contributed by atoms with van der Waals surface area (Å²) in [5.74, 6) is -0.00580. The maximum atomic E-state index is 11.5. The molecule has 0 radical (unpaired) electrons.